The first-order chi connectivity index (χ1) is 71.2. The van der Waals surface area contributed by atoms with Gasteiger partial charge in [0, 0.05) is 102 Å². The molecule has 824 valence electrons. The molecule has 6 aliphatic rings. The van der Waals surface area contributed by atoms with E-state index < -0.39 is 278 Å². The van der Waals surface area contributed by atoms with Crippen LogP contribution >= 0.6 is 0 Å². The number of carbonyl (C=O) groups excluding carboxylic acids is 16. The number of unbranched alkanes of at least 4 members (excludes halogenated alkanes) is 4. The Kier molecular flexibility index (Phi) is 47.4. The van der Waals surface area contributed by atoms with Gasteiger partial charge < -0.3 is 207 Å². The number of esters is 2. The molecule has 2 saturated heterocycles. The summed E-state index contributed by atoms with van der Waals surface area (Å²) < 4.78 is 74.6. The smallest absolute Gasteiger partial charge is 0.477 e. The van der Waals surface area contributed by atoms with Crippen molar-refractivity contribution in [1.29, 1.82) is 0 Å². The van der Waals surface area contributed by atoms with Crippen molar-refractivity contribution in [2.45, 2.75) is 201 Å². The van der Waals surface area contributed by atoms with Crippen LogP contribution in [0.4, 0.5) is 28.8 Å². The summed E-state index contributed by atoms with van der Waals surface area (Å²) in [6.45, 7) is 2.63. The SMILES string of the molecule is CC(=O)N[C@H]1[C@H]([C@H](OC(=O)NCCCCNC(=O)c2cccc(C(=O)NCCCCNC(=O)O[C@@H]([C@@H]3OC(C(=O)O)=C[C@H](N=C(N)N)[C@H]3NC(C)=O)[C@H](O)CO)c2)[C@H](O)CO)OC(C(=O)O)=C[C@@H]1N=C(N)N.COC(=O)C1=C[C@H](N=C(N)N)[C@@H](NC(C)=O)[C@H]([C@H](OC(=O)NCCCCNC(=O)c2cccc(C(=O)NCCCCNC(=O)O[C@@H]([C@@H]3OC(C(=O)OC)=C[C@H](N=C(N)N)[C@H]3NC(C)=O)[C@H]3COC(=O)O3)c2)[C@H]2COC(=O)O2)O1. The monoisotopic (exact) mass is 2120 g/mol. The van der Waals surface area contributed by atoms with Gasteiger partial charge >= 0.3 is 60.6 Å². The molecule has 8 rings (SSSR count). The highest BCUT2D eigenvalue weighted by Crippen LogP contribution is 2.34. The average Bonchev–Trinajstić information content (AvgIpc) is 1.40. The minimum absolute atomic E-state index is 0.00538. The summed E-state index contributed by atoms with van der Waals surface area (Å²) in [6.07, 6.45) is -18.0. The number of aliphatic carboxylic acids is 2. The van der Waals surface area contributed by atoms with Gasteiger partial charge in [0.05, 0.1) is 75.8 Å². The van der Waals surface area contributed by atoms with Crippen molar-refractivity contribution in [2.24, 2.45) is 65.8 Å². The number of carbonyl (C=O) groups is 18. The number of rotatable bonds is 50. The third-order valence-electron chi connectivity index (χ3n) is 21.9. The number of alkyl carbamates (subject to hydrolysis) is 4. The Bertz CT molecular complexity index is 5080. The highest BCUT2D eigenvalue weighted by Gasteiger charge is 2.54. The first-order valence-corrected chi connectivity index (χ1v) is 46.2. The number of carboxylic acid groups (broad SMARTS) is 2. The lowest BCUT2D eigenvalue weighted by Gasteiger charge is -2.39. The zero-order chi connectivity index (χ0) is 111. The quantitative estimate of drug-likeness (QED) is 0.00962. The van der Waals surface area contributed by atoms with E-state index in [9.17, 15) is 117 Å². The van der Waals surface area contributed by atoms with E-state index in [1.165, 1.54) is 74.5 Å². The van der Waals surface area contributed by atoms with Crippen LogP contribution in [0.5, 0.6) is 0 Å². The number of benzene rings is 2. The van der Waals surface area contributed by atoms with E-state index in [1.807, 2.05) is 0 Å². The van der Waals surface area contributed by atoms with Crippen LogP contribution in [-0.4, -0.2) is 377 Å². The lowest BCUT2D eigenvalue weighted by atomic mass is 9.92. The van der Waals surface area contributed by atoms with Gasteiger partial charge in [-0.1, -0.05) is 12.1 Å². The van der Waals surface area contributed by atoms with Crippen molar-refractivity contribution in [3.63, 3.8) is 0 Å². The molecule has 62 heteroatoms. The molecule has 150 heavy (non-hydrogen) atoms. The van der Waals surface area contributed by atoms with Crippen molar-refractivity contribution in [3.05, 3.63) is 118 Å². The predicted octanol–water partition coefficient (Wildman–Crippen LogP) is -8.20. The third kappa shape index (κ3) is 38.0. The van der Waals surface area contributed by atoms with Crippen molar-refractivity contribution in [1.82, 2.24) is 63.8 Å². The van der Waals surface area contributed by atoms with Gasteiger partial charge in [-0.3, -0.25) is 38.4 Å². The van der Waals surface area contributed by atoms with Crippen LogP contribution in [0.3, 0.4) is 0 Å². The van der Waals surface area contributed by atoms with E-state index >= 15 is 0 Å². The lowest BCUT2D eigenvalue weighted by Crippen LogP contribution is -2.61. The number of hydrogen-bond donors (Lipinski definition) is 26. The summed E-state index contributed by atoms with van der Waals surface area (Å²) in [5, 5.41) is 90.9. The van der Waals surface area contributed by atoms with Crippen molar-refractivity contribution in [2.75, 3.05) is 93.0 Å². The second-order valence-corrected chi connectivity index (χ2v) is 33.3. The molecule has 2 aromatic rings. The minimum atomic E-state index is -1.82. The Morgan fingerprint density at radius 2 is 0.600 bits per heavy atom. The summed E-state index contributed by atoms with van der Waals surface area (Å²) in [7, 11) is 2.18. The number of amides is 12. The average molecular weight is 2130 g/mol. The Morgan fingerprint density at radius 3 is 0.827 bits per heavy atom. The fraction of sp³-hybridized carbons (Fsp3) is 0.523. The summed E-state index contributed by atoms with van der Waals surface area (Å²) >= 11 is 0. The number of aliphatic hydroxyl groups is 4. The molecule has 2 aromatic carbocycles. The maximum atomic E-state index is 13.2. The van der Waals surface area contributed by atoms with Crippen LogP contribution in [0.15, 0.2) is 116 Å². The van der Waals surface area contributed by atoms with Gasteiger partial charge in [0.25, 0.3) is 23.6 Å². The van der Waals surface area contributed by atoms with Crippen LogP contribution < -0.4 is 110 Å². The molecule has 0 unspecified atom stereocenters. The summed E-state index contributed by atoms with van der Waals surface area (Å²) in [5.41, 5.74) is 45.2. The number of nitrogens with two attached hydrogens (primary N) is 8. The maximum absolute atomic E-state index is 13.2. The Labute approximate surface area is 853 Å². The van der Waals surface area contributed by atoms with Crippen LogP contribution in [0.25, 0.3) is 0 Å². The molecule has 20 atom stereocenters. The molecule has 0 aromatic heterocycles. The summed E-state index contributed by atoms with van der Waals surface area (Å²) in [6, 6.07) is 2.20. The van der Waals surface area contributed by atoms with Crippen molar-refractivity contribution in [3.8, 4) is 0 Å². The number of hydrogen-bond acceptors (Lipinski definition) is 40. The second kappa shape index (κ2) is 59.4. The molecule has 6 aliphatic heterocycles. The molecule has 0 spiro atoms. The second-order valence-electron chi connectivity index (χ2n) is 33.3. The fourth-order valence-electron chi connectivity index (χ4n) is 15.3. The zero-order valence-corrected chi connectivity index (χ0v) is 81.8. The number of carboxylic acids is 2. The highest BCUT2D eigenvalue weighted by molar-refractivity contribution is 6.01. The molecule has 34 N–H and O–H groups in total. The van der Waals surface area contributed by atoms with Gasteiger partial charge in [-0.25, -0.2) is 67.9 Å². The van der Waals surface area contributed by atoms with Crippen LogP contribution in [0.1, 0.15) is 120 Å². The van der Waals surface area contributed by atoms with Crippen LogP contribution in [0.2, 0.25) is 0 Å². The topological polar surface area (TPSA) is 960 Å². The van der Waals surface area contributed by atoms with Gasteiger partial charge in [0.15, 0.2) is 84.9 Å². The van der Waals surface area contributed by atoms with Gasteiger partial charge in [0.2, 0.25) is 46.7 Å². The number of cyclic esters (lactones) is 4. The van der Waals surface area contributed by atoms with E-state index in [4.69, 9.17) is 112 Å². The highest BCUT2D eigenvalue weighted by atomic mass is 16.8. The van der Waals surface area contributed by atoms with E-state index in [0.29, 0.717) is 51.4 Å². The predicted molar refractivity (Wildman–Crippen MR) is 511 cm³/mol. The number of aliphatic imine (C=N–C) groups is 4. The van der Waals surface area contributed by atoms with E-state index in [0.717, 1.165) is 40.2 Å². The molecule has 6 heterocycles. The van der Waals surface area contributed by atoms with Gasteiger partial charge in [0.1, 0.15) is 25.4 Å². The first kappa shape index (κ1) is 120. The first-order valence-electron chi connectivity index (χ1n) is 46.2. The van der Waals surface area contributed by atoms with Crippen molar-refractivity contribution >= 4 is 132 Å². The molecule has 0 saturated carbocycles. The molecule has 2 fully saturated rings. The summed E-state index contributed by atoms with van der Waals surface area (Å²) in [5.74, 6) is -13.3. The van der Waals surface area contributed by atoms with E-state index in [-0.39, 0.29) is 99.3 Å². The maximum Gasteiger partial charge on any atom is 0.508 e. The molecule has 0 bridgehead atoms. The molecular formula is C88H124N24O38. The number of nitrogens with one attached hydrogen (secondary N) is 12. The fourth-order valence-corrected chi connectivity index (χ4v) is 15.3. The van der Waals surface area contributed by atoms with E-state index in [2.05, 4.69) is 83.8 Å². The lowest BCUT2D eigenvalue weighted by molar-refractivity contribution is -0.148. The largest absolute Gasteiger partial charge is 0.508 e. The number of nitrogens with zero attached hydrogens (tertiary/aromatic N) is 4. The van der Waals surface area contributed by atoms with E-state index in [1.54, 1.807) is 0 Å². The number of aliphatic hydroxyl groups excluding tert-OH is 4. The van der Waals surface area contributed by atoms with Crippen LogP contribution in [0, 0.1) is 0 Å². The van der Waals surface area contributed by atoms with Gasteiger partial charge in [-0.15, -0.1) is 0 Å². The van der Waals surface area contributed by atoms with Gasteiger partial charge in [-0.05, 0) is 112 Å². The third-order valence-corrected chi connectivity index (χ3v) is 21.9. The van der Waals surface area contributed by atoms with Gasteiger partial charge in [-0.2, -0.15) is 0 Å². The Hall–Kier alpha value is -17.2. The minimum Gasteiger partial charge on any atom is -0.477 e. The molecule has 0 aliphatic carbocycles. The Morgan fingerprint density at radius 1 is 0.360 bits per heavy atom. The van der Waals surface area contributed by atoms with Crippen LogP contribution in [-0.2, 0) is 105 Å². The number of guanidine groups is 4. The summed E-state index contributed by atoms with van der Waals surface area (Å²) in [4.78, 5) is 241. The zero-order valence-electron chi connectivity index (χ0n) is 81.8. The number of methoxy groups -OCH3 is 2. The van der Waals surface area contributed by atoms with Crippen molar-refractivity contribution < 1.29 is 183 Å². The number of ether oxygens (including phenoxy) is 14. The molecule has 12 amide bonds. The standard InChI is InChI=1S/C46H62N12O20.C42H62N12O18/c1-21(59)55-31-25(57-41(47)48)17-27(39(63)69-3)73-35(31)33(29-19-71-45(67)75-29)77-43(65)53-14-7-5-12-51-37(61)23-10-9-11-24(16-23)38(62)52-13-6-8-15-54-44(66)78-34(30-20-72-46(68)76-30)36-32(56-22(2)60)26(58-42(49)50)18-28(74-36)40(64)70-4;1-19(57)51-29-23(53-39(43)44)15-27(37(63)64)69-33(29)31(25(59)17-55)71-41(67)49-12-5-3-10-47-35(61)21-8-7-9-22(14-21)36(62)48-11-4-6-13-50-42(68)72-32(26(60)18-56)34-30(52-20(2)58)24(54-40(45)46)16-28(70-34)38(65)66/h9-11,16-18,25-26,29-36H,5-8,12-15,19-20H2,1-4H3,(H,51,61)(H,52,62)(H,53,65)(H,54,66)(H,55,59)(H,56,60)(H4,47,48,57)(H4,49,50,58);7-9,14-16,23-26,29-34,55-56,59-60H,3-6,10-13,17-18H2,1-2H3,(H,47,61)(H,48,62)(H,49,67)(H,50,68)(H,51,57)(H,52,58)(H,63,64)(H,65,66)(H4,43,44,53)(H4,45,46,54)/t25-,26-,29+,30+,31+,32+,33+,34+,35+,36+;23-,24-,25+,26+,29+,30+,31+,32+,33+,34+/m00/s1. The molecule has 0 radical (unpaired) electrons. The molecular weight excluding hydrogens is 2000 g/mol. The normalized spacial score (nSPS) is 21.8. The molecule has 62 nitrogen and oxygen atoms in total. The Balaban J connectivity index is 0.000000407.